The molecule has 1 aromatic carbocycles. The molecule has 1 fully saturated rings. The number of methoxy groups -OCH3 is 1. The first-order valence-corrected chi connectivity index (χ1v) is 8.25. The Balaban J connectivity index is 1.71. The van der Waals surface area contributed by atoms with Gasteiger partial charge in [0, 0.05) is 11.9 Å². The number of nitrogens with one attached hydrogen (secondary N) is 1. The van der Waals surface area contributed by atoms with E-state index in [4.69, 9.17) is 16.2 Å². The van der Waals surface area contributed by atoms with Gasteiger partial charge in [-0.2, -0.15) is 4.98 Å². The molecule has 1 aliphatic carbocycles. The number of nitrogen functional groups attached to an aromatic ring is 1. The van der Waals surface area contributed by atoms with E-state index in [2.05, 4.69) is 15.3 Å². The zero-order valence-corrected chi connectivity index (χ0v) is 13.6. The Morgan fingerprint density at radius 2 is 1.91 bits per heavy atom. The fourth-order valence-corrected chi connectivity index (χ4v) is 3.30. The smallest absolute Gasteiger partial charge is 0.225 e. The average Bonchev–Trinajstić information content (AvgIpc) is 2.60. The van der Waals surface area contributed by atoms with Crippen LogP contribution in [0, 0.1) is 11.8 Å². The quantitative estimate of drug-likeness (QED) is 0.783. The van der Waals surface area contributed by atoms with Crippen LogP contribution in [0.1, 0.15) is 25.7 Å². The summed E-state index contributed by atoms with van der Waals surface area (Å²) in [4.78, 5) is 8.95. The molecule has 1 aromatic heterocycles. The Labute approximate surface area is 136 Å². The van der Waals surface area contributed by atoms with Crippen LogP contribution < -0.4 is 21.5 Å². The molecular weight excluding hydrogens is 290 g/mol. The summed E-state index contributed by atoms with van der Waals surface area (Å²) in [6.07, 6.45) is 4.86. The van der Waals surface area contributed by atoms with E-state index in [9.17, 15) is 0 Å². The summed E-state index contributed by atoms with van der Waals surface area (Å²) in [6.45, 7) is 1.68. The monoisotopic (exact) mass is 315 g/mol. The largest absolute Gasteiger partial charge is 0.494 e. The van der Waals surface area contributed by atoms with Crippen molar-refractivity contribution in [3.8, 4) is 5.75 Å². The van der Waals surface area contributed by atoms with Gasteiger partial charge in [0.25, 0.3) is 0 Å². The van der Waals surface area contributed by atoms with Gasteiger partial charge in [-0.1, -0.05) is 6.07 Å². The topological polar surface area (TPSA) is 99.1 Å². The van der Waals surface area contributed by atoms with Crippen LogP contribution in [0.3, 0.4) is 0 Å². The number of para-hydroxylation sites is 1. The summed E-state index contributed by atoms with van der Waals surface area (Å²) in [5.74, 6) is 3.10. The Morgan fingerprint density at radius 3 is 2.61 bits per heavy atom. The molecule has 0 saturated heterocycles. The molecule has 3 rings (SSSR count). The number of ether oxygens (including phenoxy) is 1. The van der Waals surface area contributed by atoms with E-state index in [0.717, 1.165) is 24.0 Å². The maximum atomic E-state index is 6.07. The highest BCUT2D eigenvalue weighted by Gasteiger charge is 2.20. The lowest BCUT2D eigenvalue weighted by atomic mass is 9.82. The van der Waals surface area contributed by atoms with Crippen LogP contribution in [0.4, 0.5) is 11.8 Å². The third-order valence-electron chi connectivity index (χ3n) is 4.79. The van der Waals surface area contributed by atoms with Crippen molar-refractivity contribution < 1.29 is 4.74 Å². The third kappa shape index (κ3) is 3.47. The zero-order valence-electron chi connectivity index (χ0n) is 13.6. The predicted molar refractivity (Wildman–Crippen MR) is 93.5 cm³/mol. The number of rotatable bonds is 5. The molecule has 0 atom stereocenters. The van der Waals surface area contributed by atoms with Crippen LogP contribution in [-0.4, -0.2) is 30.2 Å². The molecule has 5 N–H and O–H groups in total. The van der Waals surface area contributed by atoms with Gasteiger partial charge in [0.2, 0.25) is 5.95 Å². The molecule has 1 heterocycles. The van der Waals surface area contributed by atoms with E-state index >= 15 is 0 Å². The fourth-order valence-electron chi connectivity index (χ4n) is 3.30. The molecule has 6 nitrogen and oxygen atoms in total. The van der Waals surface area contributed by atoms with Gasteiger partial charge in [0.1, 0.15) is 17.1 Å². The Morgan fingerprint density at radius 1 is 1.17 bits per heavy atom. The molecule has 0 radical (unpaired) electrons. The van der Waals surface area contributed by atoms with Crippen molar-refractivity contribution in [1.82, 2.24) is 9.97 Å². The lowest BCUT2D eigenvalue weighted by molar-refractivity contribution is 0.289. The Hall–Kier alpha value is -2.08. The maximum absolute atomic E-state index is 6.07. The summed E-state index contributed by atoms with van der Waals surface area (Å²) in [6, 6.07) is 5.68. The highest BCUT2D eigenvalue weighted by molar-refractivity contribution is 5.93. The number of benzene rings is 1. The second-order valence-electron chi connectivity index (χ2n) is 6.29. The van der Waals surface area contributed by atoms with Gasteiger partial charge in [0.15, 0.2) is 0 Å². The van der Waals surface area contributed by atoms with E-state index < -0.39 is 0 Å². The zero-order chi connectivity index (χ0) is 16.2. The van der Waals surface area contributed by atoms with Crippen molar-refractivity contribution in [2.75, 3.05) is 31.2 Å². The van der Waals surface area contributed by atoms with Crippen molar-refractivity contribution in [3.63, 3.8) is 0 Å². The number of hydrogen-bond donors (Lipinski definition) is 3. The molecule has 1 aliphatic rings. The van der Waals surface area contributed by atoms with Crippen LogP contribution >= 0.6 is 0 Å². The van der Waals surface area contributed by atoms with E-state index in [0.29, 0.717) is 29.4 Å². The number of hydrogen-bond acceptors (Lipinski definition) is 6. The third-order valence-corrected chi connectivity index (χ3v) is 4.79. The van der Waals surface area contributed by atoms with Crippen molar-refractivity contribution in [2.24, 2.45) is 17.6 Å². The minimum atomic E-state index is 0.475. The highest BCUT2D eigenvalue weighted by Crippen LogP contribution is 2.30. The minimum Gasteiger partial charge on any atom is -0.494 e. The lowest BCUT2D eigenvalue weighted by Gasteiger charge is -2.27. The van der Waals surface area contributed by atoms with E-state index in [-0.39, 0.29) is 0 Å². The molecular formula is C17H25N5O. The normalized spacial score (nSPS) is 21.3. The van der Waals surface area contributed by atoms with Gasteiger partial charge in [-0.25, -0.2) is 4.98 Å². The molecule has 0 bridgehead atoms. The SMILES string of the molecule is COc1cccc2c(N)nc(NCC3CCC(CN)CC3)nc12. The van der Waals surface area contributed by atoms with Gasteiger partial charge in [0.05, 0.1) is 7.11 Å². The summed E-state index contributed by atoms with van der Waals surface area (Å²) in [5, 5.41) is 4.16. The summed E-state index contributed by atoms with van der Waals surface area (Å²) < 4.78 is 5.37. The number of nitrogens with zero attached hydrogens (tertiary/aromatic N) is 2. The van der Waals surface area contributed by atoms with Crippen molar-refractivity contribution in [1.29, 1.82) is 0 Å². The van der Waals surface area contributed by atoms with E-state index in [1.807, 2.05) is 18.2 Å². The second kappa shape index (κ2) is 7.00. The number of fused-ring (bicyclic) bond motifs is 1. The van der Waals surface area contributed by atoms with Gasteiger partial charge in [-0.15, -0.1) is 0 Å². The first-order chi connectivity index (χ1) is 11.2. The molecule has 23 heavy (non-hydrogen) atoms. The van der Waals surface area contributed by atoms with Crippen molar-refractivity contribution in [3.05, 3.63) is 18.2 Å². The van der Waals surface area contributed by atoms with Crippen LogP contribution in [0.15, 0.2) is 18.2 Å². The maximum Gasteiger partial charge on any atom is 0.225 e. The van der Waals surface area contributed by atoms with E-state index in [1.54, 1.807) is 7.11 Å². The molecule has 1 saturated carbocycles. The first-order valence-electron chi connectivity index (χ1n) is 8.25. The molecule has 2 aromatic rings. The summed E-state index contributed by atoms with van der Waals surface area (Å²) in [7, 11) is 1.63. The Kier molecular flexibility index (Phi) is 4.81. The standard InChI is InChI=1S/C17H25N5O/c1-23-14-4-2-3-13-15(14)21-17(22-16(13)19)20-10-12-7-5-11(9-18)6-8-12/h2-4,11-12H,5-10,18H2,1H3,(H3,19,20,21,22). The number of aromatic nitrogens is 2. The molecule has 0 unspecified atom stereocenters. The molecule has 124 valence electrons. The highest BCUT2D eigenvalue weighted by atomic mass is 16.5. The average molecular weight is 315 g/mol. The molecule has 0 amide bonds. The van der Waals surface area contributed by atoms with Gasteiger partial charge in [-0.05, 0) is 56.2 Å². The van der Waals surface area contributed by atoms with E-state index in [1.165, 1.54) is 25.7 Å². The number of nitrogens with two attached hydrogens (primary N) is 2. The van der Waals surface area contributed by atoms with Crippen LogP contribution in [0.25, 0.3) is 10.9 Å². The molecule has 0 spiro atoms. The minimum absolute atomic E-state index is 0.475. The summed E-state index contributed by atoms with van der Waals surface area (Å²) >= 11 is 0. The number of anilines is 2. The molecule has 6 heteroatoms. The van der Waals surface area contributed by atoms with Gasteiger partial charge >= 0.3 is 0 Å². The lowest BCUT2D eigenvalue weighted by Crippen LogP contribution is -2.25. The predicted octanol–water partition coefficient (Wildman–Crippen LogP) is 2.40. The van der Waals surface area contributed by atoms with Crippen molar-refractivity contribution >= 4 is 22.7 Å². The van der Waals surface area contributed by atoms with Crippen LogP contribution in [-0.2, 0) is 0 Å². The molecule has 0 aliphatic heterocycles. The van der Waals surface area contributed by atoms with Gasteiger partial charge < -0.3 is 21.5 Å². The second-order valence-corrected chi connectivity index (χ2v) is 6.29. The summed E-state index contributed by atoms with van der Waals surface area (Å²) in [5.41, 5.74) is 12.6. The van der Waals surface area contributed by atoms with Crippen molar-refractivity contribution in [2.45, 2.75) is 25.7 Å². The fraction of sp³-hybridized carbons (Fsp3) is 0.529. The Bertz CT molecular complexity index is 667. The van der Waals surface area contributed by atoms with Gasteiger partial charge in [-0.3, -0.25) is 0 Å². The first kappa shape index (κ1) is 15.8. The van der Waals surface area contributed by atoms with Crippen LogP contribution in [0.2, 0.25) is 0 Å². The van der Waals surface area contributed by atoms with Crippen LogP contribution in [0.5, 0.6) is 5.75 Å².